The Balaban J connectivity index is 1.95. The first-order valence-electron chi connectivity index (χ1n) is 6.30. The molecule has 1 aromatic rings. The maximum atomic E-state index is 6.21. The van der Waals surface area contributed by atoms with Gasteiger partial charge in [-0.2, -0.15) is 0 Å². The summed E-state index contributed by atoms with van der Waals surface area (Å²) in [5, 5.41) is 0. The molecule has 2 unspecified atom stereocenters. The van der Waals surface area contributed by atoms with Gasteiger partial charge in [0, 0.05) is 12.6 Å². The Morgan fingerprint density at radius 2 is 2.35 bits per heavy atom. The molecular formula is C14H21NO2. The summed E-state index contributed by atoms with van der Waals surface area (Å²) in [7, 11) is 1.68. The zero-order valence-electron chi connectivity index (χ0n) is 10.4. The molecule has 1 saturated heterocycles. The van der Waals surface area contributed by atoms with Gasteiger partial charge in [0.05, 0.1) is 13.2 Å². The summed E-state index contributed by atoms with van der Waals surface area (Å²) >= 11 is 0. The van der Waals surface area contributed by atoms with Gasteiger partial charge in [-0.3, -0.25) is 0 Å². The standard InChI is InChI=1S/C14H21NO2/c1-16-12-7-4-5-11(9-12)14(15)10-13-6-2-3-8-17-13/h4-5,7,9,13-14H,2-3,6,8,10,15H2,1H3. The molecule has 17 heavy (non-hydrogen) atoms. The third kappa shape index (κ3) is 3.45. The number of benzene rings is 1. The van der Waals surface area contributed by atoms with Crippen molar-refractivity contribution in [3.63, 3.8) is 0 Å². The molecule has 94 valence electrons. The van der Waals surface area contributed by atoms with Gasteiger partial charge in [-0.25, -0.2) is 0 Å². The topological polar surface area (TPSA) is 44.5 Å². The van der Waals surface area contributed by atoms with Crippen LogP contribution in [0.1, 0.15) is 37.3 Å². The van der Waals surface area contributed by atoms with Crippen LogP contribution in [0, 0.1) is 0 Å². The number of rotatable bonds is 4. The van der Waals surface area contributed by atoms with E-state index in [1.807, 2.05) is 18.2 Å². The maximum Gasteiger partial charge on any atom is 0.119 e. The predicted molar refractivity (Wildman–Crippen MR) is 68.1 cm³/mol. The third-order valence-corrected chi connectivity index (χ3v) is 3.31. The van der Waals surface area contributed by atoms with Crippen molar-refractivity contribution in [1.82, 2.24) is 0 Å². The van der Waals surface area contributed by atoms with Crippen LogP contribution in [0.5, 0.6) is 5.75 Å². The predicted octanol–water partition coefficient (Wildman–Crippen LogP) is 2.65. The first kappa shape index (κ1) is 12.4. The van der Waals surface area contributed by atoms with Crippen LogP contribution in [0.25, 0.3) is 0 Å². The molecule has 1 heterocycles. The van der Waals surface area contributed by atoms with Gasteiger partial charge in [-0.15, -0.1) is 0 Å². The zero-order valence-corrected chi connectivity index (χ0v) is 10.4. The van der Waals surface area contributed by atoms with Gasteiger partial charge in [0.2, 0.25) is 0 Å². The second-order valence-corrected chi connectivity index (χ2v) is 4.61. The lowest BCUT2D eigenvalue weighted by atomic mass is 9.97. The lowest BCUT2D eigenvalue weighted by Gasteiger charge is -2.25. The number of nitrogens with two attached hydrogens (primary N) is 1. The summed E-state index contributed by atoms with van der Waals surface area (Å²) in [5.74, 6) is 0.863. The summed E-state index contributed by atoms with van der Waals surface area (Å²) in [6, 6.07) is 8.01. The minimum absolute atomic E-state index is 0.0354. The van der Waals surface area contributed by atoms with Crippen LogP contribution in [0.15, 0.2) is 24.3 Å². The quantitative estimate of drug-likeness (QED) is 0.872. The highest BCUT2D eigenvalue weighted by atomic mass is 16.5. The van der Waals surface area contributed by atoms with Crippen molar-refractivity contribution < 1.29 is 9.47 Å². The van der Waals surface area contributed by atoms with Crippen molar-refractivity contribution in [1.29, 1.82) is 0 Å². The van der Waals surface area contributed by atoms with Gasteiger partial charge < -0.3 is 15.2 Å². The van der Waals surface area contributed by atoms with Crippen molar-refractivity contribution in [3.8, 4) is 5.75 Å². The van der Waals surface area contributed by atoms with Crippen molar-refractivity contribution in [3.05, 3.63) is 29.8 Å². The molecule has 0 bridgehead atoms. The normalized spacial score (nSPS) is 22.1. The van der Waals surface area contributed by atoms with Crippen molar-refractivity contribution in [2.75, 3.05) is 13.7 Å². The molecule has 0 radical (unpaired) electrons. The zero-order chi connectivity index (χ0) is 12.1. The Morgan fingerprint density at radius 1 is 1.47 bits per heavy atom. The summed E-state index contributed by atoms with van der Waals surface area (Å²) in [5.41, 5.74) is 7.34. The molecule has 0 spiro atoms. The van der Waals surface area contributed by atoms with Crippen LogP contribution in [-0.4, -0.2) is 19.8 Å². The number of ether oxygens (including phenoxy) is 2. The lowest BCUT2D eigenvalue weighted by molar-refractivity contribution is 0.00728. The van der Waals surface area contributed by atoms with Gasteiger partial charge in [-0.05, 0) is 43.4 Å². The Kier molecular flexibility index (Phi) is 4.40. The van der Waals surface area contributed by atoms with E-state index in [0.29, 0.717) is 6.10 Å². The molecule has 1 aliphatic heterocycles. The molecule has 1 aromatic carbocycles. The molecule has 0 aromatic heterocycles. The summed E-state index contributed by atoms with van der Waals surface area (Å²) in [6.07, 6.45) is 4.80. The molecule has 2 atom stereocenters. The lowest BCUT2D eigenvalue weighted by Crippen LogP contribution is -2.24. The first-order valence-corrected chi connectivity index (χ1v) is 6.30. The van der Waals surface area contributed by atoms with E-state index in [1.165, 1.54) is 12.8 Å². The van der Waals surface area contributed by atoms with E-state index in [0.717, 1.165) is 30.8 Å². The Morgan fingerprint density at radius 3 is 3.06 bits per heavy atom. The highest BCUT2D eigenvalue weighted by molar-refractivity contribution is 5.30. The SMILES string of the molecule is COc1cccc(C(N)CC2CCCCO2)c1. The molecule has 2 rings (SSSR count). The van der Waals surface area contributed by atoms with E-state index in [9.17, 15) is 0 Å². The van der Waals surface area contributed by atoms with Crippen molar-refractivity contribution in [2.45, 2.75) is 37.8 Å². The third-order valence-electron chi connectivity index (χ3n) is 3.31. The fourth-order valence-corrected chi connectivity index (χ4v) is 2.28. The van der Waals surface area contributed by atoms with Crippen molar-refractivity contribution in [2.24, 2.45) is 5.73 Å². The smallest absolute Gasteiger partial charge is 0.119 e. The second-order valence-electron chi connectivity index (χ2n) is 4.61. The van der Waals surface area contributed by atoms with E-state index in [4.69, 9.17) is 15.2 Å². The molecule has 3 nitrogen and oxygen atoms in total. The average molecular weight is 235 g/mol. The van der Waals surface area contributed by atoms with Crippen molar-refractivity contribution >= 4 is 0 Å². The van der Waals surface area contributed by atoms with E-state index in [-0.39, 0.29) is 6.04 Å². The summed E-state index contributed by atoms with van der Waals surface area (Å²) < 4.78 is 10.9. The van der Waals surface area contributed by atoms with Gasteiger partial charge in [0.25, 0.3) is 0 Å². The van der Waals surface area contributed by atoms with E-state index in [1.54, 1.807) is 7.11 Å². The fourth-order valence-electron chi connectivity index (χ4n) is 2.28. The minimum atomic E-state index is 0.0354. The molecule has 1 fully saturated rings. The molecule has 0 aliphatic carbocycles. The summed E-state index contributed by atoms with van der Waals surface area (Å²) in [4.78, 5) is 0. The fraction of sp³-hybridized carbons (Fsp3) is 0.571. The van der Waals surface area contributed by atoms with Crippen LogP contribution in [0.2, 0.25) is 0 Å². The van der Waals surface area contributed by atoms with Gasteiger partial charge >= 0.3 is 0 Å². The van der Waals surface area contributed by atoms with Gasteiger partial charge in [0.1, 0.15) is 5.75 Å². The van der Waals surface area contributed by atoms with Crippen LogP contribution < -0.4 is 10.5 Å². The molecule has 0 saturated carbocycles. The molecule has 1 aliphatic rings. The molecular weight excluding hydrogens is 214 g/mol. The minimum Gasteiger partial charge on any atom is -0.497 e. The molecule has 3 heteroatoms. The molecule has 2 N–H and O–H groups in total. The van der Waals surface area contributed by atoms with E-state index < -0.39 is 0 Å². The largest absolute Gasteiger partial charge is 0.497 e. The number of methoxy groups -OCH3 is 1. The van der Waals surface area contributed by atoms with Crippen LogP contribution >= 0.6 is 0 Å². The first-order chi connectivity index (χ1) is 8.29. The second kappa shape index (κ2) is 6.03. The van der Waals surface area contributed by atoms with Crippen LogP contribution in [0.3, 0.4) is 0 Å². The maximum absolute atomic E-state index is 6.21. The number of hydrogen-bond donors (Lipinski definition) is 1. The molecule has 0 amide bonds. The Labute approximate surface area is 103 Å². The van der Waals surface area contributed by atoms with E-state index in [2.05, 4.69) is 6.07 Å². The Hall–Kier alpha value is -1.06. The average Bonchev–Trinajstić information content (AvgIpc) is 2.40. The summed E-state index contributed by atoms with van der Waals surface area (Å²) in [6.45, 7) is 0.884. The highest BCUT2D eigenvalue weighted by Gasteiger charge is 2.18. The highest BCUT2D eigenvalue weighted by Crippen LogP contribution is 2.25. The van der Waals surface area contributed by atoms with E-state index >= 15 is 0 Å². The van der Waals surface area contributed by atoms with Crippen LogP contribution in [0.4, 0.5) is 0 Å². The van der Waals surface area contributed by atoms with Gasteiger partial charge in [-0.1, -0.05) is 12.1 Å². The Bertz CT molecular complexity index is 348. The number of hydrogen-bond acceptors (Lipinski definition) is 3. The monoisotopic (exact) mass is 235 g/mol. The van der Waals surface area contributed by atoms with Crippen LogP contribution in [-0.2, 0) is 4.74 Å². The van der Waals surface area contributed by atoms with Gasteiger partial charge in [0.15, 0.2) is 0 Å².